The van der Waals surface area contributed by atoms with Crippen LogP contribution in [0.5, 0.6) is 0 Å². The number of aliphatic hydroxyl groups excluding tert-OH is 1. The molecule has 0 aliphatic heterocycles. The highest BCUT2D eigenvalue weighted by Gasteiger charge is 2.15. The molecule has 32 heavy (non-hydrogen) atoms. The average molecular weight is 471 g/mol. The van der Waals surface area contributed by atoms with Crippen LogP contribution in [0.2, 0.25) is 0 Å². The van der Waals surface area contributed by atoms with Crippen molar-refractivity contribution in [2.45, 2.75) is 28.9 Å². The van der Waals surface area contributed by atoms with Gasteiger partial charge in [0.1, 0.15) is 16.5 Å². The van der Waals surface area contributed by atoms with Crippen LogP contribution in [-0.4, -0.2) is 50.9 Å². The number of nitrogens with zero attached hydrogens (tertiary/aromatic N) is 3. The monoisotopic (exact) mass is 470 g/mol. The molecule has 166 valence electrons. The van der Waals surface area contributed by atoms with E-state index in [9.17, 15) is 9.59 Å². The third kappa shape index (κ3) is 6.78. The van der Waals surface area contributed by atoms with Crippen molar-refractivity contribution in [3.05, 3.63) is 65.5 Å². The first-order valence-electron chi connectivity index (χ1n) is 9.80. The number of benzene rings is 1. The number of carbonyl (C=O) groups excluding carboxylic acids is 2. The second-order valence-electron chi connectivity index (χ2n) is 6.47. The Kier molecular flexibility index (Phi) is 8.60. The van der Waals surface area contributed by atoms with E-state index in [-0.39, 0.29) is 24.7 Å². The summed E-state index contributed by atoms with van der Waals surface area (Å²) in [5.74, 6) is -0.243. The number of hydrogen-bond donors (Lipinski definition) is 2. The summed E-state index contributed by atoms with van der Waals surface area (Å²) < 4.78 is 4.93. The molecule has 0 atom stereocenters. The van der Waals surface area contributed by atoms with Crippen LogP contribution < -0.4 is 5.32 Å². The van der Waals surface area contributed by atoms with E-state index in [2.05, 4.69) is 20.3 Å². The molecule has 3 aromatic rings. The Morgan fingerprint density at radius 3 is 2.56 bits per heavy atom. The van der Waals surface area contributed by atoms with Crippen molar-refractivity contribution in [3.8, 4) is 0 Å². The minimum absolute atomic E-state index is 0.0262. The van der Waals surface area contributed by atoms with Crippen LogP contribution in [0.1, 0.15) is 33.3 Å². The van der Waals surface area contributed by atoms with Gasteiger partial charge in [-0.05, 0) is 38.1 Å². The van der Waals surface area contributed by atoms with E-state index in [1.54, 1.807) is 13.0 Å². The lowest BCUT2D eigenvalue weighted by molar-refractivity contribution is 0.0526. The number of anilines is 1. The van der Waals surface area contributed by atoms with Gasteiger partial charge in [-0.25, -0.2) is 19.7 Å². The van der Waals surface area contributed by atoms with Gasteiger partial charge in [0.05, 0.1) is 18.8 Å². The summed E-state index contributed by atoms with van der Waals surface area (Å²) >= 11 is 2.68. The molecule has 0 fully saturated rings. The molecule has 2 heterocycles. The fourth-order valence-electron chi connectivity index (χ4n) is 2.48. The van der Waals surface area contributed by atoms with Gasteiger partial charge in [0.25, 0.3) is 5.91 Å². The molecule has 1 aromatic carbocycles. The molecule has 2 aromatic heterocycles. The van der Waals surface area contributed by atoms with Gasteiger partial charge in [-0.3, -0.25) is 4.79 Å². The molecule has 0 radical (unpaired) electrons. The maximum absolute atomic E-state index is 12.8. The predicted octanol–water partition coefficient (Wildman–Crippen LogP) is 3.84. The summed E-state index contributed by atoms with van der Waals surface area (Å²) in [6, 6.07) is 12.6. The van der Waals surface area contributed by atoms with Crippen molar-refractivity contribution in [1.82, 2.24) is 15.0 Å². The Morgan fingerprint density at radius 1 is 1.12 bits per heavy atom. The molecule has 3 rings (SSSR count). The number of nitrogens with one attached hydrogen (secondary N) is 1. The maximum atomic E-state index is 12.8. The molecular formula is C22H22N4O4S2. The lowest BCUT2D eigenvalue weighted by Crippen LogP contribution is -2.16. The molecule has 0 unspecified atom stereocenters. The van der Waals surface area contributed by atoms with Crippen LogP contribution >= 0.6 is 23.5 Å². The van der Waals surface area contributed by atoms with Gasteiger partial charge in [-0.1, -0.05) is 41.2 Å². The van der Waals surface area contributed by atoms with Crippen LogP contribution in [-0.2, 0) is 4.74 Å². The number of carbonyl (C=O) groups is 2. The normalized spacial score (nSPS) is 10.6. The van der Waals surface area contributed by atoms with Crippen LogP contribution in [0.15, 0.2) is 63.7 Å². The van der Waals surface area contributed by atoms with E-state index in [1.807, 2.05) is 31.2 Å². The van der Waals surface area contributed by atoms with Crippen molar-refractivity contribution in [1.29, 1.82) is 0 Å². The summed E-state index contributed by atoms with van der Waals surface area (Å²) in [4.78, 5) is 38.4. The standard InChI is InChI=1S/C22H22N4O4S2/c1-3-30-21(29)15-6-9-18(23-13-15)25-20(28)17-12-19(26-22(24-17)31-11-10-27)32-16-7-4-14(2)5-8-16/h4-9,12-13,27H,3,10-11H2,1-2H3,(H,23,25,28). The molecule has 0 bridgehead atoms. The first-order chi connectivity index (χ1) is 15.5. The SMILES string of the molecule is CCOC(=O)c1ccc(NC(=O)c2cc(Sc3ccc(C)cc3)nc(SCCO)n2)nc1. The number of ether oxygens (including phenoxy) is 1. The third-order valence-corrected chi connectivity index (χ3v) is 5.75. The predicted molar refractivity (Wildman–Crippen MR) is 123 cm³/mol. The van der Waals surface area contributed by atoms with E-state index in [1.165, 1.54) is 41.9 Å². The van der Waals surface area contributed by atoms with Crippen LogP contribution in [0.25, 0.3) is 0 Å². The summed E-state index contributed by atoms with van der Waals surface area (Å²) in [5, 5.41) is 12.8. The van der Waals surface area contributed by atoms with Gasteiger partial charge in [0.15, 0.2) is 5.16 Å². The van der Waals surface area contributed by atoms with Crippen LogP contribution in [0.4, 0.5) is 5.82 Å². The van der Waals surface area contributed by atoms with Crippen molar-refractivity contribution in [2.24, 2.45) is 0 Å². The van der Waals surface area contributed by atoms with Crippen molar-refractivity contribution >= 4 is 41.2 Å². The number of aliphatic hydroxyl groups is 1. The van der Waals surface area contributed by atoms with E-state index in [0.717, 1.165) is 10.5 Å². The summed E-state index contributed by atoms with van der Waals surface area (Å²) in [6.45, 7) is 3.98. The fourth-order valence-corrected chi connectivity index (χ4v) is 3.96. The first kappa shape index (κ1) is 23.7. The average Bonchev–Trinajstić information content (AvgIpc) is 2.79. The highest BCUT2D eigenvalue weighted by atomic mass is 32.2. The quantitative estimate of drug-likeness (QED) is 0.208. The first-order valence-corrected chi connectivity index (χ1v) is 11.6. The Balaban J connectivity index is 1.79. The maximum Gasteiger partial charge on any atom is 0.339 e. The topological polar surface area (TPSA) is 114 Å². The number of thioether (sulfide) groups is 1. The van der Waals surface area contributed by atoms with Gasteiger partial charge < -0.3 is 15.2 Å². The molecule has 2 N–H and O–H groups in total. The highest BCUT2D eigenvalue weighted by molar-refractivity contribution is 7.99. The summed E-state index contributed by atoms with van der Waals surface area (Å²) in [5.41, 5.74) is 1.62. The lowest BCUT2D eigenvalue weighted by atomic mass is 10.2. The van der Waals surface area contributed by atoms with E-state index in [4.69, 9.17) is 9.84 Å². The molecule has 8 nitrogen and oxygen atoms in total. The number of pyridine rings is 1. The smallest absolute Gasteiger partial charge is 0.339 e. The van der Waals surface area contributed by atoms with Gasteiger partial charge in [0.2, 0.25) is 0 Å². The van der Waals surface area contributed by atoms with Gasteiger partial charge >= 0.3 is 5.97 Å². The molecule has 0 aliphatic rings. The fraction of sp³-hybridized carbons (Fsp3) is 0.227. The molecule has 0 saturated heterocycles. The Hall–Kier alpha value is -2.95. The zero-order valence-electron chi connectivity index (χ0n) is 17.6. The van der Waals surface area contributed by atoms with E-state index in [0.29, 0.717) is 21.5 Å². The number of esters is 1. The van der Waals surface area contributed by atoms with E-state index >= 15 is 0 Å². The molecular weight excluding hydrogens is 448 g/mol. The van der Waals surface area contributed by atoms with Crippen molar-refractivity contribution < 1.29 is 19.4 Å². The highest BCUT2D eigenvalue weighted by Crippen LogP contribution is 2.28. The molecule has 0 spiro atoms. The Bertz CT molecular complexity index is 1080. The largest absolute Gasteiger partial charge is 0.462 e. The number of aryl methyl sites for hydroxylation is 1. The zero-order chi connectivity index (χ0) is 22.9. The Morgan fingerprint density at radius 2 is 1.91 bits per heavy atom. The lowest BCUT2D eigenvalue weighted by Gasteiger charge is -2.09. The van der Waals surface area contributed by atoms with E-state index < -0.39 is 11.9 Å². The second kappa shape index (κ2) is 11.6. The summed E-state index contributed by atoms with van der Waals surface area (Å²) in [6.07, 6.45) is 1.34. The second-order valence-corrected chi connectivity index (χ2v) is 8.62. The van der Waals surface area contributed by atoms with Crippen molar-refractivity contribution in [2.75, 3.05) is 24.3 Å². The number of amides is 1. The molecule has 0 saturated carbocycles. The Labute approximate surface area is 194 Å². The molecule has 1 amide bonds. The molecule has 10 heteroatoms. The number of hydrogen-bond acceptors (Lipinski definition) is 9. The number of rotatable bonds is 9. The summed E-state index contributed by atoms with van der Waals surface area (Å²) in [7, 11) is 0. The van der Waals surface area contributed by atoms with Crippen LogP contribution in [0, 0.1) is 6.92 Å². The van der Waals surface area contributed by atoms with Gasteiger partial charge in [0, 0.05) is 22.9 Å². The molecule has 0 aliphatic carbocycles. The minimum Gasteiger partial charge on any atom is -0.462 e. The number of aromatic nitrogens is 3. The van der Waals surface area contributed by atoms with Crippen LogP contribution in [0.3, 0.4) is 0 Å². The third-order valence-electron chi connectivity index (χ3n) is 4.00. The van der Waals surface area contributed by atoms with Crippen molar-refractivity contribution in [3.63, 3.8) is 0 Å². The minimum atomic E-state index is -0.475. The van der Waals surface area contributed by atoms with Gasteiger partial charge in [-0.2, -0.15) is 0 Å². The van der Waals surface area contributed by atoms with Gasteiger partial charge in [-0.15, -0.1) is 0 Å². The zero-order valence-corrected chi connectivity index (χ0v) is 19.2.